The third-order valence-electron chi connectivity index (χ3n) is 2.38. The zero-order valence-electron chi connectivity index (χ0n) is 11.8. The van der Waals surface area contributed by atoms with E-state index in [2.05, 4.69) is 9.71 Å². The van der Waals surface area contributed by atoms with E-state index in [4.69, 9.17) is 16.9 Å². The van der Waals surface area contributed by atoms with Gasteiger partial charge in [0.1, 0.15) is 6.07 Å². The van der Waals surface area contributed by atoms with Gasteiger partial charge >= 0.3 is 0 Å². The first-order valence-corrected chi connectivity index (χ1v) is 8.20. The maximum Gasteiger partial charge on any atom is 0.103 e. The van der Waals surface area contributed by atoms with Crippen LogP contribution in [-0.2, 0) is 9.71 Å². The molecule has 1 atom stereocenters. The van der Waals surface area contributed by atoms with Gasteiger partial charge in [-0.2, -0.15) is 5.26 Å². The quantitative estimate of drug-likeness (QED) is 0.527. The van der Waals surface area contributed by atoms with Crippen LogP contribution in [0.3, 0.4) is 0 Å². The lowest BCUT2D eigenvalue weighted by molar-refractivity contribution is 0.643. The Bertz CT molecular complexity index is 682. The second kappa shape index (κ2) is 6.64. The third-order valence-corrected chi connectivity index (χ3v) is 4.22. The molecular weight excluding hydrogens is 296 g/mol. The number of aliphatic imine (C=N–C) groups is 1. The Hall–Kier alpha value is -1.71. The van der Waals surface area contributed by atoms with Crippen molar-refractivity contribution in [2.24, 2.45) is 4.99 Å². The summed E-state index contributed by atoms with van der Waals surface area (Å²) in [6.45, 7) is 1.71. The number of nitrogens with zero attached hydrogens (tertiary/aromatic N) is 3. The molecular formula is C13H17ClN4OS. The molecule has 0 saturated carbocycles. The number of halogens is 1. The van der Waals surface area contributed by atoms with E-state index in [-0.39, 0.29) is 5.02 Å². The molecule has 1 unspecified atom stereocenters. The Balaban J connectivity index is 3.33. The maximum atomic E-state index is 12.0. The van der Waals surface area contributed by atoms with Crippen LogP contribution < -0.4 is 4.72 Å². The highest BCUT2D eigenvalue weighted by Crippen LogP contribution is 2.31. The molecule has 1 aromatic rings. The smallest absolute Gasteiger partial charge is 0.103 e. The Kier molecular flexibility index (Phi) is 5.43. The summed E-state index contributed by atoms with van der Waals surface area (Å²) in [5, 5.41) is 11.0. The van der Waals surface area contributed by atoms with Crippen molar-refractivity contribution >= 4 is 44.4 Å². The fourth-order valence-electron chi connectivity index (χ4n) is 1.33. The highest BCUT2D eigenvalue weighted by Gasteiger charge is 2.10. The number of rotatable bonds is 4. The van der Waals surface area contributed by atoms with Crippen LogP contribution in [0.2, 0.25) is 5.02 Å². The van der Waals surface area contributed by atoms with Gasteiger partial charge in [-0.1, -0.05) is 11.6 Å². The molecule has 0 heterocycles. The van der Waals surface area contributed by atoms with Gasteiger partial charge in [-0.15, -0.1) is 0 Å². The van der Waals surface area contributed by atoms with Crippen molar-refractivity contribution < 1.29 is 4.21 Å². The van der Waals surface area contributed by atoms with Crippen LogP contribution in [0.1, 0.15) is 12.5 Å². The molecule has 7 heteroatoms. The first-order chi connectivity index (χ1) is 9.29. The van der Waals surface area contributed by atoms with Gasteiger partial charge in [-0.25, -0.2) is 9.20 Å². The predicted octanol–water partition coefficient (Wildman–Crippen LogP) is 2.50. The summed E-state index contributed by atoms with van der Waals surface area (Å²) in [6, 6.07) is 5.24. The first-order valence-electron chi connectivity index (χ1n) is 5.79. The molecule has 0 fully saturated rings. The third kappa shape index (κ3) is 4.44. The molecule has 0 radical (unpaired) electrons. The van der Waals surface area contributed by atoms with E-state index >= 15 is 0 Å². The molecule has 0 aliphatic carbocycles. The molecule has 1 rings (SSSR count). The van der Waals surface area contributed by atoms with Crippen molar-refractivity contribution in [1.82, 2.24) is 4.90 Å². The van der Waals surface area contributed by atoms with Crippen LogP contribution in [0.15, 0.2) is 17.1 Å². The van der Waals surface area contributed by atoms with Gasteiger partial charge in [0.05, 0.1) is 22.6 Å². The molecule has 1 N–H and O–H groups in total. The van der Waals surface area contributed by atoms with Crippen molar-refractivity contribution in [1.29, 1.82) is 5.26 Å². The van der Waals surface area contributed by atoms with Crippen LogP contribution in [0.25, 0.3) is 0 Å². The maximum absolute atomic E-state index is 12.0. The monoisotopic (exact) mass is 312 g/mol. The van der Waals surface area contributed by atoms with E-state index in [1.165, 1.54) is 0 Å². The van der Waals surface area contributed by atoms with Gasteiger partial charge in [0, 0.05) is 35.7 Å². The Labute approximate surface area is 125 Å². The average molecular weight is 313 g/mol. The molecule has 5 nitrogen and oxygen atoms in total. The Morgan fingerprint density at radius 3 is 2.65 bits per heavy atom. The lowest BCUT2D eigenvalue weighted by Gasteiger charge is -2.11. The second-order valence-corrected chi connectivity index (χ2v) is 7.30. The molecule has 20 heavy (non-hydrogen) atoms. The molecule has 0 aliphatic heterocycles. The zero-order chi connectivity index (χ0) is 15.3. The summed E-state index contributed by atoms with van der Waals surface area (Å²) < 4.78 is 14.9. The van der Waals surface area contributed by atoms with Gasteiger partial charge in [0.25, 0.3) is 0 Å². The molecule has 0 amide bonds. The SMILES string of the molecule is CC=S(C)(=O)Nc1cc(Cl)c(C#N)c(N=CN(C)C)c1. The van der Waals surface area contributed by atoms with E-state index in [9.17, 15) is 4.21 Å². The van der Waals surface area contributed by atoms with E-state index in [0.717, 1.165) is 0 Å². The lowest BCUT2D eigenvalue weighted by Crippen LogP contribution is -2.12. The normalized spacial score (nSPS) is 13.6. The van der Waals surface area contributed by atoms with Gasteiger partial charge in [-0.3, -0.25) is 0 Å². The molecule has 0 bridgehead atoms. The fraction of sp³-hybridized carbons (Fsp3) is 0.308. The van der Waals surface area contributed by atoms with Crippen LogP contribution in [0.4, 0.5) is 11.4 Å². The molecule has 1 aromatic carbocycles. The van der Waals surface area contributed by atoms with E-state index in [1.807, 2.05) is 20.2 Å². The standard InChI is InChI=1S/C13H17ClN4OS/c1-5-20(4,19)17-10-6-12(14)11(8-15)13(7-10)16-9-18(2)3/h5-7,9H,1-4H3,(H,17,19). The number of nitrogens with one attached hydrogen (secondary N) is 1. The highest BCUT2D eigenvalue weighted by molar-refractivity contribution is 8.01. The minimum atomic E-state index is -2.29. The highest BCUT2D eigenvalue weighted by atomic mass is 35.5. The van der Waals surface area contributed by atoms with Crippen LogP contribution >= 0.6 is 11.6 Å². The summed E-state index contributed by atoms with van der Waals surface area (Å²) in [4.78, 5) is 5.95. The Morgan fingerprint density at radius 1 is 1.50 bits per heavy atom. The lowest BCUT2D eigenvalue weighted by atomic mass is 10.2. The van der Waals surface area contributed by atoms with Crippen molar-refractivity contribution in [3.63, 3.8) is 0 Å². The second-order valence-electron chi connectivity index (χ2n) is 4.41. The summed E-state index contributed by atoms with van der Waals surface area (Å²) in [6.07, 6.45) is 3.16. The first kappa shape index (κ1) is 16.3. The number of hydrogen-bond donors (Lipinski definition) is 1. The average Bonchev–Trinajstić information content (AvgIpc) is 2.35. The Morgan fingerprint density at radius 2 is 2.15 bits per heavy atom. The largest absolute Gasteiger partial charge is 0.369 e. The number of anilines is 1. The number of hydrogen-bond acceptors (Lipinski definition) is 3. The molecule has 0 spiro atoms. The zero-order valence-corrected chi connectivity index (χ0v) is 13.4. The van der Waals surface area contributed by atoms with Gasteiger partial charge in [0.2, 0.25) is 0 Å². The van der Waals surface area contributed by atoms with Crippen LogP contribution in [0, 0.1) is 11.3 Å². The fourth-order valence-corrected chi connectivity index (χ4v) is 2.29. The number of benzene rings is 1. The van der Waals surface area contributed by atoms with Crippen molar-refractivity contribution in [3.8, 4) is 6.07 Å². The van der Waals surface area contributed by atoms with Gasteiger partial charge in [-0.05, 0) is 24.4 Å². The van der Waals surface area contributed by atoms with Crippen molar-refractivity contribution in [2.45, 2.75) is 6.92 Å². The van der Waals surface area contributed by atoms with Crippen molar-refractivity contribution in [2.75, 3.05) is 25.1 Å². The van der Waals surface area contributed by atoms with Gasteiger partial charge < -0.3 is 9.62 Å². The summed E-state index contributed by atoms with van der Waals surface area (Å²) in [7, 11) is 1.36. The molecule has 0 saturated heterocycles. The number of nitriles is 1. The summed E-state index contributed by atoms with van der Waals surface area (Å²) in [5.41, 5.74) is 1.28. The predicted molar refractivity (Wildman–Crippen MR) is 87.4 cm³/mol. The minimum absolute atomic E-state index is 0.273. The molecule has 0 aromatic heterocycles. The molecule has 0 aliphatic rings. The summed E-state index contributed by atoms with van der Waals surface area (Å²) in [5.74, 6) is 0. The molecule has 108 valence electrons. The minimum Gasteiger partial charge on any atom is -0.369 e. The van der Waals surface area contributed by atoms with E-state index in [0.29, 0.717) is 16.9 Å². The van der Waals surface area contributed by atoms with E-state index < -0.39 is 9.71 Å². The summed E-state index contributed by atoms with van der Waals surface area (Å²) >= 11 is 6.07. The van der Waals surface area contributed by atoms with E-state index in [1.54, 1.807) is 41.9 Å². The van der Waals surface area contributed by atoms with Crippen LogP contribution in [0.5, 0.6) is 0 Å². The topological polar surface area (TPSA) is 68.5 Å². The van der Waals surface area contributed by atoms with Gasteiger partial charge in [0.15, 0.2) is 0 Å². The van der Waals surface area contributed by atoms with Crippen LogP contribution in [-0.4, -0.2) is 41.2 Å². The van der Waals surface area contributed by atoms with Crippen molar-refractivity contribution in [3.05, 3.63) is 22.7 Å².